The van der Waals surface area contributed by atoms with Crippen LogP contribution in [0, 0.1) is 5.92 Å². The number of amides is 1. The highest BCUT2D eigenvalue weighted by Gasteiger charge is 2.34. The third-order valence-corrected chi connectivity index (χ3v) is 10.1. The number of rotatable bonds is 13. The van der Waals surface area contributed by atoms with Gasteiger partial charge in [-0.1, -0.05) is 26.8 Å². The molecule has 1 saturated heterocycles. The number of phenolic OH excluding ortho intramolecular Hbond substituents is 1. The third kappa shape index (κ3) is 6.99. The molecule has 2 aliphatic heterocycles. The fourth-order valence-corrected chi connectivity index (χ4v) is 7.42. The van der Waals surface area contributed by atoms with Crippen molar-refractivity contribution in [1.82, 2.24) is 4.90 Å². The SMILES string of the molecule is CCC(Cc1ccc(OCCN2CCSC2)c(NC(C(C)C)S(=O)(=O)c2ccc3c(c2)OCO3)c1O)OC(N)=O. The molecule has 2 aromatic rings. The van der Waals surface area contributed by atoms with E-state index in [0.717, 1.165) is 18.2 Å². The van der Waals surface area contributed by atoms with E-state index >= 15 is 0 Å². The van der Waals surface area contributed by atoms with Gasteiger partial charge < -0.3 is 35.1 Å². The molecule has 220 valence electrons. The fraction of sp³-hybridized carbons (Fsp3) is 0.519. The number of hydrogen-bond acceptors (Lipinski definition) is 11. The van der Waals surface area contributed by atoms with Gasteiger partial charge in [0.25, 0.3) is 0 Å². The van der Waals surface area contributed by atoms with E-state index in [9.17, 15) is 18.3 Å². The molecule has 2 unspecified atom stereocenters. The Morgan fingerprint density at radius 3 is 2.67 bits per heavy atom. The number of thioether (sulfide) groups is 1. The van der Waals surface area contributed by atoms with Crippen LogP contribution < -0.4 is 25.3 Å². The molecule has 0 spiro atoms. The number of nitrogens with two attached hydrogens (primary N) is 1. The lowest BCUT2D eigenvalue weighted by Gasteiger charge is -2.27. The minimum atomic E-state index is -3.95. The predicted molar refractivity (Wildman–Crippen MR) is 153 cm³/mol. The van der Waals surface area contributed by atoms with Crippen LogP contribution >= 0.6 is 11.8 Å². The summed E-state index contributed by atoms with van der Waals surface area (Å²) in [6.45, 7) is 7.46. The number of sulfone groups is 1. The number of carbonyl (C=O) groups is 1. The van der Waals surface area contributed by atoms with Crippen molar-refractivity contribution in [1.29, 1.82) is 0 Å². The molecular weight excluding hydrogens is 558 g/mol. The van der Waals surface area contributed by atoms with Gasteiger partial charge in [0.05, 0.1) is 4.90 Å². The molecule has 0 radical (unpaired) electrons. The molecule has 1 amide bonds. The van der Waals surface area contributed by atoms with E-state index in [4.69, 9.17) is 24.7 Å². The first-order chi connectivity index (χ1) is 19.1. The van der Waals surface area contributed by atoms with Crippen LogP contribution in [0.2, 0.25) is 0 Å². The van der Waals surface area contributed by atoms with Gasteiger partial charge >= 0.3 is 6.09 Å². The number of nitrogens with zero attached hydrogens (tertiary/aromatic N) is 1. The molecule has 1 fully saturated rings. The van der Waals surface area contributed by atoms with Crippen molar-refractivity contribution in [2.24, 2.45) is 11.7 Å². The lowest BCUT2D eigenvalue weighted by molar-refractivity contribution is 0.104. The Hall–Kier alpha value is -3.03. The standard InChI is InChI=1S/C27H37N3O8S2/c1-4-19(38-27(28)32)13-18-5-7-22(35-11-9-30-10-12-39-15-30)24(25(18)31)29-26(17(2)3)40(33,34)20-6-8-21-23(14-20)37-16-36-21/h5-8,14,17,19,26,29,31H,4,9-13,15-16H2,1-3H3,(H2,28,32). The van der Waals surface area contributed by atoms with E-state index in [-0.39, 0.29) is 29.5 Å². The molecule has 0 aromatic heterocycles. The van der Waals surface area contributed by atoms with Crippen molar-refractivity contribution in [2.45, 2.75) is 50.0 Å². The lowest BCUT2D eigenvalue weighted by Crippen LogP contribution is -2.35. The maximum atomic E-state index is 13.9. The van der Waals surface area contributed by atoms with Crippen LogP contribution in [0.15, 0.2) is 35.2 Å². The number of benzene rings is 2. The molecule has 0 bridgehead atoms. The molecule has 2 aromatic carbocycles. The number of ether oxygens (including phenoxy) is 4. The molecule has 0 aliphatic carbocycles. The van der Waals surface area contributed by atoms with Gasteiger partial charge in [-0.3, -0.25) is 4.90 Å². The maximum Gasteiger partial charge on any atom is 0.404 e. The van der Waals surface area contributed by atoms with Crippen LogP contribution in [0.3, 0.4) is 0 Å². The second kappa shape index (κ2) is 13.1. The molecule has 4 N–H and O–H groups in total. The van der Waals surface area contributed by atoms with Crippen molar-refractivity contribution >= 4 is 33.4 Å². The average Bonchev–Trinajstić information content (AvgIpc) is 3.60. The highest BCUT2D eigenvalue weighted by atomic mass is 32.2. The Kier molecular flexibility index (Phi) is 9.80. The number of aromatic hydroxyl groups is 1. The molecule has 2 aliphatic rings. The normalized spacial score (nSPS) is 16.6. The summed E-state index contributed by atoms with van der Waals surface area (Å²) in [6, 6.07) is 7.88. The monoisotopic (exact) mass is 595 g/mol. The zero-order valence-electron chi connectivity index (χ0n) is 22.9. The number of primary amides is 1. The van der Waals surface area contributed by atoms with E-state index in [1.165, 1.54) is 12.1 Å². The van der Waals surface area contributed by atoms with Gasteiger partial charge in [0.1, 0.15) is 35.3 Å². The first kappa shape index (κ1) is 29.9. The summed E-state index contributed by atoms with van der Waals surface area (Å²) in [7, 11) is -3.95. The molecule has 40 heavy (non-hydrogen) atoms. The van der Waals surface area contributed by atoms with Crippen LogP contribution in [0.5, 0.6) is 23.0 Å². The van der Waals surface area contributed by atoms with Gasteiger partial charge in [0.15, 0.2) is 21.3 Å². The molecule has 11 nitrogen and oxygen atoms in total. The van der Waals surface area contributed by atoms with E-state index in [1.54, 1.807) is 32.0 Å². The molecule has 4 rings (SSSR count). The van der Waals surface area contributed by atoms with Gasteiger partial charge in [0.2, 0.25) is 6.79 Å². The number of nitrogens with one attached hydrogen (secondary N) is 1. The van der Waals surface area contributed by atoms with Gasteiger partial charge in [-0.2, -0.15) is 0 Å². The Labute approximate surface area is 239 Å². The Bertz CT molecular complexity index is 1300. The Morgan fingerprint density at radius 1 is 1.23 bits per heavy atom. The zero-order chi connectivity index (χ0) is 28.9. The van der Waals surface area contributed by atoms with Crippen LogP contribution in [0.4, 0.5) is 10.5 Å². The number of carbonyl (C=O) groups excluding carboxylic acids is 1. The Morgan fingerprint density at radius 2 is 2.00 bits per heavy atom. The third-order valence-electron chi connectivity index (χ3n) is 6.80. The molecular formula is C27H37N3O8S2. The van der Waals surface area contributed by atoms with Crippen molar-refractivity contribution in [2.75, 3.05) is 43.4 Å². The smallest absolute Gasteiger partial charge is 0.404 e. The second-order valence-electron chi connectivity index (χ2n) is 9.99. The summed E-state index contributed by atoms with van der Waals surface area (Å²) in [5.74, 6) is 2.60. The van der Waals surface area contributed by atoms with Crippen LogP contribution in [-0.4, -0.2) is 74.1 Å². The summed E-state index contributed by atoms with van der Waals surface area (Å²) in [5.41, 5.74) is 5.83. The largest absolute Gasteiger partial charge is 0.505 e. The summed E-state index contributed by atoms with van der Waals surface area (Å²) in [5, 5.41) is 13.4. The van der Waals surface area contributed by atoms with Crippen molar-refractivity contribution in [3.05, 3.63) is 35.9 Å². The molecule has 2 heterocycles. The first-order valence-electron chi connectivity index (χ1n) is 13.2. The quantitative estimate of drug-likeness (QED) is 0.290. The summed E-state index contributed by atoms with van der Waals surface area (Å²) in [6.07, 6.45) is -0.801. The zero-order valence-corrected chi connectivity index (χ0v) is 24.6. The topological polar surface area (TPSA) is 150 Å². The minimum absolute atomic E-state index is 0.0282. The Balaban J connectivity index is 1.66. The van der Waals surface area contributed by atoms with Crippen LogP contribution in [-0.2, 0) is 21.0 Å². The number of phenols is 1. The van der Waals surface area contributed by atoms with Crippen molar-refractivity contribution < 1.29 is 37.3 Å². The van der Waals surface area contributed by atoms with Gasteiger partial charge in [-0.15, -0.1) is 11.8 Å². The number of anilines is 1. The molecule has 2 atom stereocenters. The summed E-state index contributed by atoms with van der Waals surface area (Å²) >= 11 is 1.86. The lowest BCUT2D eigenvalue weighted by atomic mass is 10.0. The van der Waals surface area contributed by atoms with Crippen molar-refractivity contribution in [3.63, 3.8) is 0 Å². The summed E-state index contributed by atoms with van der Waals surface area (Å²) < 4.78 is 49.7. The first-order valence-corrected chi connectivity index (χ1v) is 15.9. The van der Waals surface area contributed by atoms with Crippen LogP contribution in [0.25, 0.3) is 0 Å². The highest BCUT2D eigenvalue weighted by Crippen LogP contribution is 2.41. The molecule has 13 heteroatoms. The minimum Gasteiger partial charge on any atom is -0.505 e. The van der Waals surface area contributed by atoms with E-state index < -0.39 is 33.3 Å². The fourth-order valence-electron chi connectivity index (χ4n) is 4.58. The van der Waals surface area contributed by atoms with E-state index in [0.29, 0.717) is 42.4 Å². The second-order valence-corrected chi connectivity index (χ2v) is 13.1. The van der Waals surface area contributed by atoms with Crippen molar-refractivity contribution in [3.8, 4) is 23.0 Å². The van der Waals surface area contributed by atoms with E-state index in [1.807, 2.05) is 18.7 Å². The number of fused-ring (bicyclic) bond motifs is 1. The predicted octanol–water partition coefficient (Wildman–Crippen LogP) is 3.79. The van der Waals surface area contributed by atoms with E-state index in [2.05, 4.69) is 10.2 Å². The average molecular weight is 596 g/mol. The van der Waals surface area contributed by atoms with Gasteiger partial charge in [-0.05, 0) is 36.1 Å². The number of hydrogen-bond donors (Lipinski definition) is 3. The summed E-state index contributed by atoms with van der Waals surface area (Å²) in [4.78, 5) is 13.7. The maximum absolute atomic E-state index is 13.9. The molecule has 0 saturated carbocycles. The van der Waals surface area contributed by atoms with Crippen LogP contribution in [0.1, 0.15) is 32.8 Å². The highest BCUT2D eigenvalue weighted by molar-refractivity contribution is 7.99. The van der Waals surface area contributed by atoms with Gasteiger partial charge in [-0.25, -0.2) is 13.2 Å². The van der Waals surface area contributed by atoms with Gasteiger partial charge in [0, 0.05) is 37.2 Å².